The Hall–Kier alpha value is -2.69. The predicted molar refractivity (Wildman–Crippen MR) is 609 cm³/mol. The fourth-order valence-corrected chi connectivity index (χ4v) is 45.4. The van der Waals surface area contributed by atoms with Gasteiger partial charge in [-0.05, 0) is 603 Å². The number of alkyl halides is 2. The second-order valence-electron chi connectivity index (χ2n) is 60.4. The summed E-state index contributed by atoms with van der Waals surface area (Å²) in [6, 6.07) is 0. The molecule has 0 bridgehead atoms. The molecule has 0 heterocycles. The lowest BCUT2D eigenvalue weighted by Crippen LogP contribution is -2.48. The molecule has 42 atom stereocenters. The fourth-order valence-electron chi connectivity index (χ4n) is 44.6. The van der Waals surface area contributed by atoms with Crippen LogP contribution in [0.4, 0.5) is 13.2 Å². The zero-order chi connectivity index (χ0) is 106. The molecule has 24 aliphatic carbocycles. The van der Waals surface area contributed by atoms with E-state index in [1.807, 2.05) is 41.5 Å². The number of fused-ring (bicyclic) bond motifs is 30. The first-order valence-corrected chi connectivity index (χ1v) is 63.6. The Morgan fingerprint density at radius 3 is 0.615 bits per heavy atom. The van der Waals surface area contributed by atoms with E-state index in [0.29, 0.717) is 160 Å². The molecule has 0 spiro atoms. The third kappa shape index (κ3) is 20.4. The van der Waals surface area contributed by atoms with Crippen LogP contribution in [-0.2, 0) is 0 Å². The van der Waals surface area contributed by atoms with E-state index in [1.54, 1.807) is 33.4 Å². The highest BCUT2D eigenvalue weighted by atomic mass is 79.9. The molecule has 828 valence electrons. The van der Waals surface area contributed by atoms with Crippen LogP contribution in [0, 0.1) is 210 Å². The van der Waals surface area contributed by atoms with Crippen LogP contribution in [0.2, 0.25) is 0 Å². The lowest BCUT2D eigenvalue weighted by molar-refractivity contribution is -0.0357. The van der Waals surface area contributed by atoms with E-state index in [-0.39, 0.29) is 36.1 Å². The average molecular weight is 2170 g/mol. The third-order valence-corrected chi connectivity index (χ3v) is 53.0. The zero-order valence-corrected chi connectivity index (χ0v) is 99.0. The van der Waals surface area contributed by atoms with Crippen molar-refractivity contribution in [2.75, 3.05) is 23.9 Å². The topological polar surface area (TPSA) is 162 Å². The molecular weight excluding hydrogens is 1970 g/mol. The van der Waals surface area contributed by atoms with Gasteiger partial charge in [0.1, 0.15) is 0 Å². The maximum absolute atomic E-state index is 15.1. The number of hydrogen-bond acceptors (Lipinski definition) is 8. The number of rotatable bonds is 10. The molecule has 0 aromatic rings. The molecule has 24 aliphatic rings. The number of aliphatic hydroxyl groups excluding tert-OH is 2. The Morgan fingerprint density at radius 1 is 0.243 bits per heavy atom. The van der Waals surface area contributed by atoms with Crippen LogP contribution in [0.15, 0.2) is 141 Å². The summed E-state index contributed by atoms with van der Waals surface area (Å²) < 4.78 is 45.2. The molecule has 0 saturated heterocycles. The lowest BCUT2D eigenvalue weighted by Gasteiger charge is -2.55. The van der Waals surface area contributed by atoms with Crippen molar-refractivity contribution >= 4 is 31.9 Å². The average Bonchev–Trinajstić information content (AvgIpc) is 1.64. The van der Waals surface area contributed by atoms with Crippen LogP contribution in [0.25, 0.3) is 0 Å². The Labute approximate surface area is 913 Å². The van der Waals surface area contributed by atoms with Crippen LogP contribution in [0.5, 0.6) is 0 Å². The van der Waals surface area contributed by atoms with Crippen LogP contribution in [0.3, 0.4) is 0 Å². The molecule has 0 aromatic carbocycles. The molecule has 0 unspecified atom stereocenters. The minimum Gasteiger partial charge on any atom is -0.392 e. The van der Waals surface area contributed by atoms with Gasteiger partial charge in [-0.2, -0.15) is 0 Å². The van der Waals surface area contributed by atoms with Crippen molar-refractivity contribution in [3.05, 3.63) is 141 Å². The zero-order valence-electron chi connectivity index (χ0n) is 95.8. The SMILES string of the molecule is C=C(C)[C@H]1CC[C@H]2[C@@H]3CC(C)=C4C[C@@](C)(O)CC[C@@H]4[C@H]3CC[C@]12C.C=C(C)[C@H]1CC[C@H]2[C@@H]3CC(F)=C4C[C@@](C)(O)CC[C@@H]4[C@H]3CC[C@]12C.C=C(CBr)[C@H]1CC[C@H]2[C@@H]3CC(C)=C4C[C@@](C)(O)CC[C@@H]4[C@H]3CC[C@]12C.C=C(CBr)[C@H]1CC[C@H]2[C@@H]3CC(F)=C4C[C@@](C)(O)CC[C@@H]4[C@H]3CC[C@]12C.C=C(CO)[C@H]1CC[C@H]2[C@@H]3CC(C)=C4C[C@@](C)(O)CC[C@@H]4[C@H]3CC[C@]12C.C=C(CO)[C@H]1CC[C@H]2[C@@H]3CC(F)=C4C[C@@](C)(O)CC[C@@H]4[C@H]3CC[C@]12C. The van der Waals surface area contributed by atoms with Crippen molar-refractivity contribution in [2.45, 2.75) is 460 Å². The van der Waals surface area contributed by atoms with Crippen LogP contribution >= 0.6 is 31.9 Å². The van der Waals surface area contributed by atoms with Gasteiger partial charge in [-0.25, -0.2) is 13.2 Å². The molecule has 8 N–H and O–H groups in total. The van der Waals surface area contributed by atoms with Gasteiger partial charge in [0.2, 0.25) is 0 Å². The van der Waals surface area contributed by atoms with Gasteiger partial charge in [0, 0.05) is 29.9 Å². The number of halogens is 5. The summed E-state index contributed by atoms with van der Waals surface area (Å²) in [6.45, 7) is 64.1. The second-order valence-corrected chi connectivity index (χ2v) is 61.5. The maximum atomic E-state index is 15.1. The van der Waals surface area contributed by atoms with Gasteiger partial charge in [-0.15, -0.1) is 0 Å². The summed E-state index contributed by atoms with van der Waals surface area (Å²) >= 11 is 7.28. The van der Waals surface area contributed by atoms with Crippen LogP contribution in [0.1, 0.15) is 426 Å². The molecule has 8 nitrogen and oxygen atoms in total. The van der Waals surface area contributed by atoms with E-state index in [1.165, 1.54) is 196 Å². The van der Waals surface area contributed by atoms with Crippen LogP contribution < -0.4 is 0 Å². The predicted octanol–water partition coefficient (Wildman–Crippen LogP) is 33.8. The molecule has 13 heteroatoms. The summed E-state index contributed by atoms with van der Waals surface area (Å²) in [5.74, 6) is 20.3. The minimum atomic E-state index is -0.726. The normalized spacial score (nSPS) is 49.9. The Morgan fingerprint density at radius 2 is 0.419 bits per heavy atom. The summed E-state index contributed by atoms with van der Waals surface area (Å²) in [6.07, 6.45) is 52.8. The largest absolute Gasteiger partial charge is 0.392 e. The van der Waals surface area contributed by atoms with E-state index in [0.717, 1.165) is 218 Å². The van der Waals surface area contributed by atoms with E-state index in [9.17, 15) is 40.9 Å². The van der Waals surface area contributed by atoms with E-state index in [2.05, 4.69) is 147 Å². The van der Waals surface area contributed by atoms with Crippen molar-refractivity contribution < 1.29 is 54.0 Å². The van der Waals surface area contributed by atoms with Gasteiger partial charge in [-0.3, -0.25) is 0 Å². The molecule has 24 rings (SSSR count). The van der Waals surface area contributed by atoms with Crippen molar-refractivity contribution in [1.29, 1.82) is 0 Å². The Balaban J connectivity index is 0.000000112. The molecule has 0 aliphatic heterocycles. The van der Waals surface area contributed by atoms with E-state index < -0.39 is 33.6 Å². The summed E-state index contributed by atoms with van der Waals surface area (Å²) in [7, 11) is 0. The molecule has 0 amide bonds. The number of allylic oxidation sites excluding steroid dienone is 10. The van der Waals surface area contributed by atoms with Crippen molar-refractivity contribution in [1.82, 2.24) is 0 Å². The fraction of sp³-hybridized carbons (Fsp3) is 0.822. The molecule has 148 heavy (non-hydrogen) atoms. The van der Waals surface area contributed by atoms with Crippen molar-refractivity contribution in [3.63, 3.8) is 0 Å². The van der Waals surface area contributed by atoms with Gasteiger partial charge in [0.25, 0.3) is 0 Å². The molecule has 18 saturated carbocycles. The first-order valence-electron chi connectivity index (χ1n) is 61.4. The number of hydrogen-bond donors (Lipinski definition) is 8. The van der Waals surface area contributed by atoms with Crippen molar-refractivity contribution in [2.24, 2.45) is 210 Å². The number of aliphatic hydroxyl groups is 8. The van der Waals surface area contributed by atoms with Gasteiger partial charge in [-0.1, -0.05) is 169 Å². The Kier molecular flexibility index (Phi) is 32.3. The highest BCUT2D eigenvalue weighted by Gasteiger charge is 2.66. The maximum Gasteiger partial charge on any atom is 0.0998 e. The smallest absolute Gasteiger partial charge is 0.0998 e. The van der Waals surface area contributed by atoms with Crippen molar-refractivity contribution in [3.8, 4) is 0 Å². The van der Waals surface area contributed by atoms with Gasteiger partial charge in [0.15, 0.2) is 0 Å². The van der Waals surface area contributed by atoms with Crippen LogP contribution in [-0.4, -0.2) is 98.3 Å². The molecular formula is C135H205Br2F3O8. The third-order valence-electron chi connectivity index (χ3n) is 51.6. The summed E-state index contributed by atoms with van der Waals surface area (Å²) in [5.41, 5.74) is 18.8. The highest BCUT2D eigenvalue weighted by Crippen LogP contribution is 2.75. The Bertz CT molecular complexity index is 4700. The van der Waals surface area contributed by atoms with E-state index in [4.69, 9.17) is 0 Å². The summed E-state index contributed by atoms with van der Waals surface area (Å²) in [4.78, 5) is 0. The molecule has 18 fully saturated rings. The monoisotopic (exact) mass is 2170 g/mol. The second kappa shape index (κ2) is 42.1. The van der Waals surface area contributed by atoms with Gasteiger partial charge >= 0.3 is 0 Å². The van der Waals surface area contributed by atoms with E-state index >= 15 is 13.2 Å². The highest BCUT2D eigenvalue weighted by molar-refractivity contribution is 9.09. The van der Waals surface area contributed by atoms with Gasteiger partial charge < -0.3 is 40.9 Å². The first kappa shape index (κ1) is 113. The standard InChI is InChI=1S/C23H35BrO.C23H36O2.C23H36O.C22H32BrFO.C22H33FO2.C22H33FO/c2*1-14-11-18-16(17-7-9-22(3,25)12-19(14)17)8-10-23(4)20(15(2)13-24)5-6-21(18)23;1-14(2)20-6-7-21-18-12-15(3)19-13-22(4,24)10-8-17(19)16(18)9-11-23(20,21)5;1-13(12-23)18-4-5-19-16-10-20(24)17-11-21(2,25)8-6-15(17)14(16)7-9-22(18,19)3;1-13(12-24)18-4-5-19-16-10-20(23)17-11-21(2,25)8-6-15(17)14(16)7-9-22(18,19)3;1-13(2)18-5-6-19-16-11-20(23)17-12-21(3,24)9-7-15(17)14(16)8-10-22(18,19)4/h16-18,20-21,25H,2,5-13H2,1,3-4H3;16-18,20-21,24-25H,2,5-13H2,1,3-4H3;16-18,20-21,24H,1,6-13H2,2-5H3;14-16,18-19,25H,1,4-12H2,2-3H3;14-16,18-19,24-25H,1,4-12H2,2-3H3;14-16,18-19,24H,1,5-12H2,2-4H3/t3*16-,17-,18-,20-,21+,22+,23-;3*14-,15-,16-,18-,19+,21+,22-/m111111/s1. The summed E-state index contributed by atoms with van der Waals surface area (Å²) in [5, 5.41) is 84.1. The minimum absolute atomic E-state index is 0.0805. The quantitative estimate of drug-likeness (QED) is 0.0792. The van der Waals surface area contributed by atoms with Gasteiger partial charge in [0.05, 0.1) is 64.3 Å². The molecule has 0 aromatic heterocycles. The lowest BCUT2D eigenvalue weighted by atomic mass is 9.50. The molecule has 0 radical (unpaired) electrons. The first-order chi connectivity index (χ1) is 69.5.